The van der Waals surface area contributed by atoms with E-state index >= 15 is 0 Å². The molecule has 0 aliphatic carbocycles. The Morgan fingerprint density at radius 3 is 2.41 bits per heavy atom. The third-order valence-electron chi connectivity index (χ3n) is 5.26. The van der Waals surface area contributed by atoms with Crippen LogP contribution in [0.25, 0.3) is 0 Å². The highest BCUT2D eigenvalue weighted by atomic mass is 32.2. The molecule has 1 heterocycles. The largest absolute Gasteiger partial charge is 0.393 e. The number of benzene rings is 2. The molecule has 2 aromatic rings. The number of aliphatic hydroxyl groups excluding tert-OH is 1. The summed E-state index contributed by atoms with van der Waals surface area (Å²) in [7, 11) is -3.82. The van der Waals surface area contributed by atoms with Crippen molar-refractivity contribution in [2.24, 2.45) is 0 Å². The van der Waals surface area contributed by atoms with Crippen molar-refractivity contribution in [2.45, 2.75) is 50.5 Å². The van der Waals surface area contributed by atoms with E-state index in [9.17, 15) is 18.3 Å². The molecule has 2 aromatic carbocycles. The Balaban J connectivity index is 1.87. The summed E-state index contributed by atoms with van der Waals surface area (Å²) in [5, 5.41) is 9.68. The highest BCUT2D eigenvalue weighted by molar-refractivity contribution is 7.92. The number of aryl methyl sites for hydroxylation is 2. The Bertz CT molecular complexity index is 963. The zero-order chi connectivity index (χ0) is 21.0. The van der Waals surface area contributed by atoms with Gasteiger partial charge in [-0.25, -0.2) is 8.42 Å². The molecule has 1 aliphatic rings. The van der Waals surface area contributed by atoms with Crippen molar-refractivity contribution in [1.29, 1.82) is 0 Å². The van der Waals surface area contributed by atoms with Gasteiger partial charge in [-0.1, -0.05) is 37.6 Å². The van der Waals surface area contributed by atoms with Crippen LogP contribution in [0.2, 0.25) is 0 Å². The fraction of sp³-hybridized carbons (Fsp3) is 0.409. The summed E-state index contributed by atoms with van der Waals surface area (Å²) < 4.78 is 28.5. The summed E-state index contributed by atoms with van der Waals surface area (Å²) in [6.07, 6.45) is 2.57. The van der Waals surface area contributed by atoms with Crippen LogP contribution in [-0.4, -0.2) is 43.5 Å². The second kappa shape index (κ2) is 8.97. The molecular weight excluding hydrogens is 388 g/mol. The van der Waals surface area contributed by atoms with E-state index in [1.54, 1.807) is 42.2 Å². The van der Waals surface area contributed by atoms with Gasteiger partial charge in [0.25, 0.3) is 15.9 Å². The second-order valence-electron chi connectivity index (χ2n) is 7.52. The Hall–Kier alpha value is -2.38. The normalized spacial score (nSPS) is 15.3. The number of piperidine rings is 1. The van der Waals surface area contributed by atoms with Crippen LogP contribution in [0.4, 0.5) is 5.69 Å². The monoisotopic (exact) mass is 416 g/mol. The Morgan fingerprint density at radius 2 is 1.79 bits per heavy atom. The third-order valence-corrected chi connectivity index (χ3v) is 6.63. The van der Waals surface area contributed by atoms with Crippen LogP contribution in [0, 0.1) is 6.92 Å². The minimum Gasteiger partial charge on any atom is -0.393 e. The van der Waals surface area contributed by atoms with Crippen LogP contribution in [-0.2, 0) is 16.4 Å². The molecule has 156 valence electrons. The smallest absolute Gasteiger partial charge is 0.261 e. The lowest BCUT2D eigenvalue weighted by atomic mass is 10.0. The number of carbonyl (C=O) groups is 1. The number of aliphatic hydroxyl groups is 1. The molecule has 0 atom stereocenters. The van der Waals surface area contributed by atoms with Gasteiger partial charge in [0, 0.05) is 13.1 Å². The van der Waals surface area contributed by atoms with Gasteiger partial charge in [-0.3, -0.25) is 9.52 Å². The maximum Gasteiger partial charge on any atom is 0.261 e. The summed E-state index contributed by atoms with van der Waals surface area (Å²) in [4.78, 5) is 14.9. The van der Waals surface area contributed by atoms with Crippen LogP contribution in [0.15, 0.2) is 47.4 Å². The summed E-state index contributed by atoms with van der Waals surface area (Å²) in [5.41, 5.74) is 2.40. The number of sulfonamides is 1. The maximum atomic E-state index is 13.0. The van der Waals surface area contributed by atoms with Crippen LogP contribution < -0.4 is 4.72 Å². The summed E-state index contributed by atoms with van der Waals surface area (Å²) >= 11 is 0. The van der Waals surface area contributed by atoms with E-state index in [4.69, 9.17) is 0 Å². The maximum absolute atomic E-state index is 13.0. The van der Waals surface area contributed by atoms with Gasteiger partial charge in [-0.2, -0.15) is 0 Å². The standard InChI is InChI=1S/C22H28N2O4S/c1-3-5-17-8-10-19(11-9-17)29(27,28)23-21-16(2)6-4-7-20(21)22(26)24-14-12-18(25)13-15-24/h4,6-11,18,23,25H,3,5,12-15H2,1-2H3. The number of nitrogens with one attached hydrogen (secondary N) is 1. The highest BCUT2D eigenvalue weighted by Crippen LogP contribution is 2.27. The Kier molecular flexibility index (Phi) is 6.59. The van der Waals surface area contributed by atoms with Crippen molar-refractivity contribution in [1.82, 2.24) is 4.90 Å². The van der Waals surface area contributed by atoms with Gasteiger partial charge in [0.15, 0.2) is 0 Å². The first kappa shape index (κ1) is 21.3. The number of para-hydroxylation sites is 1. The molecule has 0 saturated carbocycles. The number of carbonyl (C=O) groups excluding carboxylic acids is 1. The van der Waals surface area contributed by atoms with Crippen molar-refractivity contribution in [3.05, 3.63) is 59.2 Å². The van der Waals surface area contributed by atoms with Crippen molar-refractivity contribution < 1.29 is 18.3 Å². The van der Waals surface area contributed by atoms with Gasteiger partial charge < -0.3 is 10.0 Å². The van der Waals surface area contributed by atoms with Gasteiger partial charge >= 0.3 is 0 Å². The number of hydrogen-bond acceptors (Lipinski definition) is 4. The van der Waals surface area contributed by atoms with Gasteiger partial charge in [0.05, 0.1) is 22.3 Å². The molecule has 0 bridgehead atoms. The predicted molar refractivity (Wildman–Crippen MR) is 114 cm³/mol. The predicted octanol–water partition coefficient (Wildman–Crippen LogP) is 3.35. The van der Waals surface area contributed by atoms with Crippen LogP contribution in [0.3, 0.4) is 0 Å². The molecule has 1 amide bonds. The zero-order valence-electron chi connectivity index (χ0n) is 16.9. The van der Waals surface area contributed by atoms with Gasteiger partial charge in [-0.05, 0) is 55.5 Å². The summed E-state index contributed by atoms with van der Waals surface area (Å²) in [5.74, 6) is -0.225. The van der Waals surface area contributed by atoms with E-state index < -0.39 is 10.0 Å². The van der Waals surface area contributed by atoms with Gasteiger partial charge in [0.1, 0.15) is 0 Å². The molecule has 1 fully saturated rings. The molecule has 7 heteroatoms. The molecule has 0 aromatic heterocycles. The van der Waals surface area contributed by atoms with E-state index in [1.807, 2.05) is 12.1 Å². The van der Waals surface area contributed by atoms with Gasteiger partial charge in [0.2, 0.25) is 0 Å². The first-order chi connectivity index (χ1) is 13.8. The number of rotatable bonds is 6. The van der Waals surface area contributed by atoms with Crippen molar-refractivity contribution in [2.75, 3.05) is 17.8 Å². The fourth-order valence-corrected chi connectivity index (χ4v) is 4.69. The SMILES string of the molecule is CCCc1ccc(S(=O)(=O)Nc2c(C)cccc2C(=O)N2CCC(O)CC2)cc1. The minimum absolute atomic E-state index is 0.167. The zero-order valence-corrected chi connectivity index (χ0v) is 17.7. The van der Waals surface area contributed by atoms with Crippen LogP contribution in [0.1, 0.15) is 47.7 Å². The number of nitrogens with zero attached hydrogens (tertiary/aromatic N) is 1. The average molecular weight is 417 g/mol. The summed E-state index contributed by atoms with van der Waals surface area (Å²) in [6.45, 7) is 4.77. The Labute approximate surface area is 172 Å². The molecule has 29 heavy (non-hydrogen) atoms. The molecule has 6 nitrogen and oxygen atoms in total. The van der Waals surface area contributed by atoms with E-state index in [0.29, 0.717) is 42.7 Å². The molecule has 2 N–H and O–H groups in total. The van der Waals surface area contributed by atoms with E-state index in [2.05, 4.69) is 11.6 Å². The molecule has 0 spiro atoms. The topological polar surface area (TPSA) is 86.7 Å². The van der Waals surface area contributed by atoms with Crippen molar-refractivity contribution in [3.8, 4) is 0 Å². The van der Waals surface area contributed by atoms with E-state index in [-0.39, 0.29) is 16.9 Å². The number of likely N-dealkylation sites (tertiary alicyclic amines) is 1. The lowest BCUT2D eigenvalue weighted by molar-refractivity contribution is 0.0547. The highest BCUT2D eigenvalue weighted by Gasteiger charge is 2.26. The minimum atomic E-state index is -3.82. The summed E-state index contributed by atoms with van der Waals surface area (Å²) in [6, 6.07) is 12.0. The van der Waals surface area contributed by atoms with E-state index in [0.717, 1.165) is 18.4 Å². The van der Waals surface area contributed by atoms with Gasteiger partial charge in [-0.15, -0.1) is 0 Å². The van der Waals surface area contributed by atoms with Crippen molar-refractivity contribution in [3.63, 3.8) is 0 Å². The van der Waals surface area contributed by atoms with Crippen LogP contribution >= 0.6 is 0 Å². The van der Waals surface area contributed by atoms with Crippen LogP contribution in [0.5, 0.6) is 0 Å². The Morgan fingerprint density at radius 1 is 1.14 bits per heavy atom. The lowest BCUT2D eigenvalue weighted by Crippen LogP contribution is -2.40. The number of hydrogen-bond donors (Lipinski definition) is 2. The number of anilines is 1. The molecule has 1 saturated heterocycles. The van der Waals surface area contributed by atoms with E-state index in [1.165, 1.54) is 0 Å². The third kappa shape index (κ3) is 4.97. The molecule has 3 rings (SSSR count). The molecule has 1 aliphatic heterocycles. The lowest BCUT2D eigenvalue weighted by Gasteiger charge is -2.30. The second-order valence-corrected chi connectivity index (χ2v) is 9.20. The first-order valence-electron chi connectivity index (χ1n) is 10.0. The first-order valence-corrected chi connectivity index (χ1v) is 11.5. The number of amides is 1. The molecule has 0 unspecified atom stereocenters. The fourth-order valence-electron chi connectivity index (χ4n) is 3.54. The molecular formula is C22H28N2O4S. The average Bonchev–Trinajstić information content (AvgIpc) is 2.70. The quantitative estimate of drug-likeness (QED) is 0.756. The molecule has 0 radical (unpaired) electrons. The van der Waals surface area contributed by atoms with Crippen molar-refractivity contribution >= 4 is 21.6 Å².